The summed E-state index contributed by atoms with van der Waals surface area (Å²) in [6.07, 6.45) is 0.938. The molecule has 0 aliphatic rings. The zero-order valence-electron chi connectivity index (χ0n) is 11.0. The molecule has 17 heavy (non-hydrogen) atoms. The van der Waals surface area contributed by atoms with E-state index >= 15 is 0 Å². The van der Waals surface area contributed by atoms with Crippen molar-refractivity contribution in [1.82, 2.24) is 5.32 Å². The summed E-state index contributed by atoms with van der Waals surface area (Å²) in [5.41, 5.74) is 1.11. The highest BCUT2D eigenvalue weighted by atomic mass is 32.2. The molecule has 94 valence electrons. The molecular weight excluding hydrogens is 230 g/mol. The molecule has 1 aromatic carbocycles. The lowest BCUT2D eigenvalue weighted by Crippen LogP contribution is -2.43. The Morgan fingerprint density at radius 2 is 2.00 bits per heavy atom. The van der Waals surface area contributed by atoms with E-state index in [0.29, 0.717) is 5.75 Å². The van der Waals surface area contributed by atoms with Crippen LogP contribution in [0.5, 0.6) is 0 Å². The van der Waals surface area contributed by atoms with E-state index in [0.717, 1.165) is 6.42 Å². The van der Waals surface area contributed by atoms with Crippen molar-refractivity contribution in [3.05, 3.63) is 29.8 Å². The summed E-state index contributed by atoms with van der Waals surface area (Å²) in [5, 5.41) is 3.04. The number of aryl methyl sites for hydroxylation is 1. The molecule has 1 amide bonds. The predicted molar refractivity (Wildman–Crippen MR) is 74.4 cm³/mol. The molecule has 1 N–H and O–H groups in total. The van der Waals surface area contributed by atoms with Gasteiger partial charge in [-0.15, -0.1) is 11.8 Å². The van der Waals surface area contributed by atoms with Crippen LogP contribution in [0.1, 0.15) is 32.8 Å². The zero-order chi connectivity index (χ0) is 12.9. The van der Waals surface area contributed by atoms with Crippen LogP contribution in [0, 0.1) is 6.92 Å². The number of thioether (sulfide) groups is 1. The fourth-order valence-electron chi connectivity index (χ4n) is 1.36. The molecule has 0 aliphatic carbocycles. The van der Waals surface area contributed by atoms with Gasteiger partial charge in [0.15, 0.2) is 0 Å². The number of nitrogens with one attached hydrogen (secondary N) is 1. The van der Waals surface area contributed by atoms with Gasteiger partial charge in [-0.05, 0) is 38.8 Å². The van der Waals surface area contributed by atoms with Crippen molar-refractivity contribution in [2.75, 3.05) is 5.75 Å². The average molecular weight is 251 g/mol. The second-order valence-corrected chi connectivity index (χ2v) is 5.86. The second kappa shape index (κ2) is 6.10. The molecule has 0 heterocycles. The van der Waals surface area contributed by atoms with Gasteiger partial charge in [-0.3, -0.25) is 4.79 Å². The number of hydrogen-bond acceptors (Lipinski definition) is 2. The highest BCUT2D eigenvalue weighted by Crippen LogP contribution is 2.21. The van der Waals surface area contributed by atoms with Gasteiger partial charge in [-0.2, -0.15) is 0 Å². The van der Waals surface area contributed by atoms with Crippen LogP contribution in [-0.2, 0) is 4.79 Å². The average Bonchev–Trinajstić information content (AvgIpc) is 2.27. The number of hydrogen-bond donors (Lipinski definition) is 1. The smallest absolute Gasteiger partial charge is 0.230 e. The van der Waals surface area contributed by atoms with Crippen LogP contribution in [-0.4, -0.2) is 17.2 Å². The fourth-order valence-corrected chi connectivity index (χ4v) is 2.19. The largest absolute Gasteiger partial charge is 0.351 e. The monoisotopic (exact) mass is 251 g/mol. The highest BCUT2D eigenvalue weighted by molar-refractivity contribution is 8.00. The molecule has 0 radical (unpaired) electrons. The van der Waals surface area contributed by atoms with Crippen LogP contribution in [0.15, 0.2) is 29.2 Å². The number of carbonyl (C=O) groups excluding carboxylic acids is 1. The summed E-state index contributed by atoms with van der Waals surface area (Å²) >= 11 is 1.59. The lowest BCUT2D eigenvalue weighted by molar-refractivity contribution is -0.120. The first-order chi connectivity index (χ1) is 7.94. The van der Waals surface area contributed by atoms with Gasteiger partial charge >= 0.3 is 0 Å². The Morgan fingerprint density at radius 1 is 1.35 bits per heavy atom. The van der Waals surface area contributed by atoms with E-state index in [1.54, 1.807) is 11.8 Å². The Balaban J connectivity index is 2.47. The number of rotatable bonds is 5. The topological polar surface area (TPSA) is 29.1 Å². The third kappa shape index (κ3) is 4.82. The van der Waals surface area contributed by atoms with Crippen LogP contribution in [0.25, 0.3) is 0 Å². The minimum atomic E-state index is -0.108. The molecule has 3 heteroatoms. The minimum absolute atomic E-state index is 0.102. The van der Waals surface area contributed by atoms with Crippen molar-refractivity contribution in [1.29, 1.82) is 0 Å². The maximum Gasteiger partial charge on any atom is 0.230 e. The van der Waals surface area contributed by atoms with Crippen molar-refractivity contribution in [3.8, 4) is 0 Å². The lowest BCUT2D eigenvalue weighted by atomic mass is 10.0. The molecule has 0 bridgehead atoms. The molecule has 0 unspecified atom stereocenters. The van der Waals surface area contributed by atoms with E-state index < -0.39 is 0 Å². The van der Waals surface area contributed by atoms with Gasteiger partial charge in [0.2, 0.25) is 5.91 Å². The van der Waals surface area contributed by atoms with Crippen molar-refractivity contribution in [3.63, 3.8) is 0 Å². The van der Waals surface area contributed by atoms with Crippen molar-refractivity contribution in [2.45, 2.75) is 44.6 Å². The quantitative estimate of drug-likeness (QED) is 0.813. The van der Waals surface area contributed by atoms with E-state index in [9.17, 15) is 4.79 Å². The summed E-state index contributed by atoms with van der Waals surface area (Å²) < 4.78 is 0. The Bertz CT molecular complexity index is 388. The van der Waals surface area contributed by atoms with Crippen LogP contribution in [0.3, 0.4) is 0 Å². The molecule has 0 atom stereocenters. The Kier molecular flexibility index (Phi) is 5.06. The van der Waals surface area contributed by atoms with Gasteiger partial charge in [0.25, 0.3) is 0 Å². The fraction of sp³-hybridized carbons (Fsp3) is 0.500. The Morgan fingerprint density at radius 3 is 2.59 bits per heavy atom. The number of amides is 1. The summed E-state index contributed by atoms with van der Waals surface area (Å²) in [6, 6.07) is 8.14. The van der Waals surface area contributed by atoms with Gasteiger partial charge in [0.05, 0.1) is 5.75 Å². The van der Waals surface area contributed by atoms with Gasteiger partial charge in [-0.1, -0.05) is 25.1 Å². The maximum atomic E-state index is 11.8. The van der Waals surface area contributed by atoms with Gasteiger partial charge in [0, 0.05) is 10.4 Å². The number of carbonyl (C=O) groups is 1. The molecule has 0 saturated carbocycles. The third-order valence-corrected chi connectivity index (χ3v) is 3.99. The molecule has 1 rings (SSSR count). The van der Waals surface area contributed by atoms with Crippen LogP contribution >= 0.6 is 11.8 Å². The standard InChI is InChI=1S/C14H21NOS/c1-5-14(3,4)15-13(16)10-17-12-9-7-6-8-11(12)2/h6-9H,5,10H2,1-4H3,(H,15,16). The Hall–Kier alpha value is -0.960. The zero-order valence-corrected chi connectivity index (χ0v) is 11.9. The van der Waals surface area contributed by atoms with E-state index in [2.05, 4.69) is 31.3 Å². The molecule has 0 saturated heterocycles. The first-order valence-corrected chi connectivity index (χ1v) is 6.92. The first-order valence-electron chi connectivity index (χ1n) is 5.94. The van der Waals surface area contributed by atoms with E-state index in [1.807, 2.05) is 26.0 Å². The van der Waals surface area contributed by atoms with Crippen LogP contribution in [0.4, 0.5) is 0 Å². The number of benzene rings is 1. The maximum absolute atomic E-state index is 11.8. The van der Waals surface area contributed by atoms with Crippen LogP contribution in [0.2, 0.25) is 0 Å². The van der Waals surface area contributed by atoms with Gasteiger partial charge < -0.3 is 5.32 Å². The van der Waals surface area contributed by atoms with E-state index in [1.165, 1.54) is 10.5 Å². The second-order valence-electron chi connectivity index (χ2n) is 4.84. The lowest BCUT2D eigenvalue weighted by Gasteiger charge is -2.24. The van der Waals surface area contributed by atoms with Crippen molar-refractivity contribution >= 4 is 17.7 Å². The summed E-state index contributed by atoms with van der Waals surface area (Å²) in [4.78, 5) is 12.9. The molecule has 0 spiro atoms. The molecule has 0 aromatic heterocycles. The highest BCUT2D eigenvalue weighted by Gasteiger charge is 2.17. The van der Waals surface area contributed by atoms with Crippen molar-refractivity contribution < 1.29 is 4.79 Å². The van der Waals surface area contributed by atoms with E-state index in [4.69, 9.17) is 0 Å². The van der Waals surface area contributed by atoms with Gasteiger partial charge in [0.1, 0.15) is 0 Å². The molecular formula is C14H21NOS. The molecule has 1 aromatic rings. The normalized spacial score (nSPS) is 11.3. The third-order valence-electron chi connectivity index (χ3n) is 2.81. The summed E-state index contributed by atoms with van der Waals surface area (Å²) in [5.74, 6) is 0.582. The molecule has 0 fully saturated rings. The van der Waals surface area contributed by atoms with Gasteiger partial charge in [-0.25, -0.2) is 0 Å². The molecule has 0 aliphatic heterocycles. The predicted octanol–water partition coefficient (Wildman–Crippen LogP) is 3.39. The van der Waals surface area contributed by atoms with E-state index in [-0.39, 0.29) is 11.4 Å². The SMILES string of the molecule is CCC(C)(C)NC(=O)CSc1ccccc1C. The van der Waals surface area contributed by atoms with Crippen molar-refractivity contribution in [2.24, 2.45) is 0 Å². The molecule has 2 nitrogen and oxygen atoms in total. The summed E-state index contributed by atoms with van der Waals surface area (Å²) in [7, 11) is 0. The summed E-state index contributed by atoms with van der Waals surface area (Å²) in [6.45, 7) is 8.23. The minimum Gasteiger partial charge on any atom is -0.351 e. The first kappa shape index (κ1) is 14.1. The Labute approximate surface area is 108 Å². The van der Waals surface area contributed by atoms with Crippen LogP contribution < -0.4 is 5.32 Å².